The van der Waals surface area contributed by atoms with E-state index in [4.69, 9.17) is 11.6 Å². The molecule has 0 bridgehead atoms. The van der Waals surface area contributed by atoms with Gasteiger partial charge in [0, 0.05) is 17.3 Å². The van der Waals surface area contributed by atoms with Crippen LogP contribution in [-0.4, -0.2) is 12.6 Å². The van der Waals surface area contributed by atoms with Crippen LogP contribution >= 0.6 is 11.6 Å². The fourth-order valence-electron chi connectivity index (χ4n) is 2.55. The molecule has 0 aliphatic heterocycles. The maximum absolute atomic E-state index is 12.8. The molecule has 0 fully saturated rings. The van der Waals surface area contributed by atoms with Crippen molar-refractivity contribution in [3.8, 4) is 0 Å². The Kier molecular flexibility index (Phi) is 5.67. The highest BCUT2D eigenvalue weighted by Crippen LogP contribution is 2.28. The molecule has 4 heteroatoms. The van der Waals surface area contributed by atoms with E-state index >= 15 is 0 Å². The van der Waals surface area contributed by atoms with Crippen LogP contribution < -0.4 is 10.2 Å². The van der Waals surface area contributed by atoms with Crippen LogP contribution in [0, 0.1) is 0 Å². The van der Waals surface area contributed by atoms with E-state index in [0.717, 1.165) is 17.7 Å². The molecule has 0 unspecified atom stereocenters. The van der Waals surface area contributed by atoms with Crippen LogP contribution in [0.1, 0.15) is 32.8 Å². The topological polar surface area (TPSA) is 32.3 Å². The normalized spacial score (nSPS) is 11.1. The van der Waals surface area contributed by atoms with Gasteiger partial charge in [-0.05, 0) is 44.0 Å². The van der Waals surface area contributed by atoms with Crippen LogP contribution in [0.2, 0.25) is 5.02 Å². The van der Waals surface area contributed by atoms with Crippen molar-refractivity contribution in [1.29, 1.82) is 0 Å². The third-order valence-corrected chi connectivity index (χ3v) is 4.06. The number of hydrogen-bond acceptors (Lipinski definition) is 1. The minimum absolute atomic E-state index is 0.122. The smallest absolute Gasteiger partial charge is 0.322 e. The molecule has 2 rings (SSSR count). The molecular weight excluding hydrogens is 308 g/mol. The maximum Gasteiger partial charge on any atom is 0.322 e. The summed E-state index contributed by atoms with van der Waals surface area (Å²) in [5.74, 6) is 0. The third-order valence-electron chi connectivity index (χ3n) is 3.73. The van der Waals surface area contributed by atoms with Gasteiger partial charge >= 0.3 is 6.03 Å². The lowest BCUT2D eigenvalue weighted by Gasteiger charge is -2.32. The van der Waals surface area contributed by atoms with Crippen molar-refractivity contribution < 1.29 is 4.79 Å². The third kappa shape index (κ3) is 4.26. The number of para-hydroxylation sites is 1. The zero-order valence-electron chi connectivity index (χ0n) is 13.8. The molecule has 23 heavy (non-hydrogen) atoms. The van der Waals surface area contributed by atoms with Crippen molar-refractivity contribution in [2.75, 3.05) is 11.4 Å². The number of anilines is 1. The first-order valence-corrected chi connectivity index (χ1v) is 8.23. The van der Waals surface area contributed by atoms with Crippen LogP contribution in [0.5, 0.6) is 0 Å². The lowest BCUT2D eigenvalue weighted by atomic mass is 9.94. The molecule has 0 atom stereocenters. The largest absolute Gasteiger partial charge is 0.329 e. The highest BCUT2D eigenvalue weighted by Gasteiger charge is 2.27. The SMILES string of the molecule is CCCN(C(=O)NC(C)(C)c1ccccc1Cl)c1ccccc1. The van der Waals surface area contributed by atoms with E-state index in [-0.39, 0.29) is 6.03 Å². The van der Waals surface area contributed by atoms with Gasteiger partial charge < -0.3 is 5.32 Å². The van der Waals surface area contributed by atoms with Crippen LogP contribution in [0.4, 0.5) is 10.5 Å². The Labute approximate surface area is 143 Å². The number of benzene rings is 2. The molecule has 122 valence electrons. The van der Waals surface area contributed by atoms with Crippen LogP contribution in [0.25, 0.3) is 0 Å². The average molecular weight is 331 g/mol. The Morgan fingerprint density at radius 3 is 2.30 bits per heavy atom. The van der Waals surface area contributed by atoms with Gasteiger partial charge in [-0.1, -0.05) is 54.9 Å². The van der Waals surface area contributed by atoms with Gasteiger partial charge in [0.2, 0.25) is 0 Å². The molecule has 2 aromatic carbocycles. The van der Waals surface area contributed by atoms with Crippen LogP contribution in [0.15, 0.2) is 54.6 Å². The minimum Gasteiger partial charge on any atom is -0.329 e. The van der Waals surface area contributed by atoms with Crippen molar-refractivity contribution in [2.24, 2.45) is 0 Å². The quantitative estimate of drug-likeness (QED) is 0.802. The number of nitrogens with zero attached hydrogens (tertiary/aromatic N) is 1. The summed E-state index contributed by atoms with van der Waals surface area (Å²) in [5, 5.41) is 3.75. The van der Waals surface area contributed by atoms with Gasteiger partial charge in [0.25, 0.3) is 0 Å². The van der Waals surface area contributed by atoms with Crippen molar-refractivity contribution >= 4 is 23.3 Å². The second-order valence-corrected chi connectivity index (χ2v) is 6.43. The molecule has 0 radical (unpaired) electrons. The summed E-state index contributed by atoms with van der Waals surface area (Å²) in [4.78, 5) is 14.6. The molecule has 0 aliphatic rings. The van der Waals surface area contributed by atoms with Crippen molar-refractivity contribution in [3.63, 3.8) is 0 Å². The monoisotopic (exact) mass is 330 g/mol. The zero-order valence-corrected chi connectivity index (χ0v) is 14.6. The van der Waals surface area contributed by atoms with Gasteiger partial charge in [-0.3, -0.25) is 4.90 Å². The number of carbonyl (C=O) groups is 1. The molecule has 3 nitrogen and oxygen atoms in total. The molecule has 0 spiro atoms. The predicted octanol–water partition coefficient (Wildman–Crippen LogP) is 5.20. The summed E-state index contributed by atoms with van der Waals surface area (Å²) >= 11 is 6.29. The molecule has 0 heterocycles. The van der Waals surface area contributed by atoms with Gasteiger partial charge in [-0.25, -0.2) is 4.79 Å². The number of amides is 2. The number of rotatable bonds is 5. The second kappa shape index (κ2) is 7.51. The fraction of sp³-hybridized carbons (Fsp3) is 0.316. The van der Waals surface area contributed by atoms with Crippen molar-refractivity contribution in [1.82, 2.24) is 5.32 Å². The minimum atomic E-state index is -0.559. The predicted molar refractivity (Wildman–Crippen MR) is 97.1 cm³/mol. The van der Waals surface area contributed by atoms with E-state index in [1.165, 1.54) is 0 Å². The lowest BCUT2D eigenvalue weighted by molar-refractivity contribution is 0.235. The first-order valence-electron chi connectivity index (χ1n) is 7.85. The zero-order chi connectivity index (χ0) is 16.9. The molecule has 1 N–H and O–H groups in total. The molecule has 2 aromatic rings. The first-order chi connectivity index (χ1) is 11.0. The second-order valence-electron chi connectivity index (χ2n) is 6.02. The van der Waals surface area contributed by atoms with E-state index in [1.807, 2.05) is 68.4 Å². The summed E-state index contributed by atoms with van der Waals surface area (Å²) < 4.78 is 0. The van der Waals surface area contributed by atoms with Gasteiger partial charge in [-0.2, -0.15) is 0 Å². The summed E-state index contributed by atoms with van der Waals surface area (Å²) in [7, 11) is 0. The fourth-order valence-corrected chi connectivity index (χ4v) is 2.92. The van der Waals surface area contributed by atoms with Gasteiger partial charge in [0.1, 0.15) is 0 Å². The molecule has 0 saturated heterocycles. The van der Waals surface area contributed by atoms with Gasteiger partial charge in [-0.15, -0.1) is 0 Å². The van der Waals surface area contributed by atoms with E-state index in [0.29, 0.717) is 11.6 Å². The highest BCUT2D eigenvalue weighted by molar-refractivity contribution is 6.31. The van der Waals surface area contributed by atoms with E-state index in [2.05, 4.69) is 12.2 Å². The number of hydrogen-bond donors (Lipinski definition) is 1. The molecule has 2 amide bonds. The number of carbonyl (C=O) groups excluding carboxylic acids is 1. The van der Waals surface area contributed by atoms with Crippen LogP contribution in [-0.2, 0) is 5.54 Å². The number of urea groups is 1. The maximum atomic E-state index is 12.8. The highest BCUT2D eigenvalue weighted by atomic mass is 35.5. The molecule has 0 saturated carbocycles. The van der Waals surface area contributed by atoms with Gasteiger partial charge in [0.05, 0.1) is 5.54 Å². The molecule has 0 aliphatic carbocycles. The summed E-state index contributed by atoms with van der Waals surface area (Å²) in [6.45, 7) is 6.64. The summed E-state index contributed by atoms with van der Waals surface area (Å²) in [6.07, 6.45) is 0.884. The van der Waals surface area contributed by atoms with Crippen LogP contribution in [0.3, 0.4) is 0 Å². The Bertz CT molecular complexity index is 655. The Morgan fingerprint density at radius 1 is 1.09 bits per heavy atom. The number of halogens is 1. The lowest BCUT2D eigenvalue weighted by Crippen LogP contribution is -2.49. The first kappa shape index (κ1) is 17.4. The Balaban J connectivity index is 2.23. The molecular formula is C19H23ClN2O. The standard InChI is InChI=1S/C19H23ClN2O/c1-4-14-22(15-10-6-5-7-11-15)18(23)21-19(2,3)16-12-8-9-13-17(16)20/h5-13H,4,14H2,1-3H3,(H,21,23). The summed E-state index contributed by atoms with van der Waals surface area (Å²) in [6, 6.07) is 17.2. The Morgan fingerprint density at radius 2 is 1.70 bits per heavy atom. The van der Waals surface area contributed by atoms with Crippen molar-refractivity contribution in [3.05, 3.63) is 65.2 Å². The van der Waals surface area contributed by atoms with Gasteiger partial charge in [0.15, 0.2) is 0 Å². The Hall–Kier alpha value is -2.00. The van der Waals surface area contributed by atoms with E-state index < -0.39 is 5.54 Å². The molecule has 0 aromatic heterocycles. The average Bonchev–Trinajstić information content (AvgIpc) is 2.53. The summed E-state index contributed by atoms with van der Waals surface area (Å²) in [5.41, 5.74) is 1.23. The van der Waals surface area contributed by atoms with Crippen molar-refractivity contribution in [2.45, 2.75) is 32.7 Å². The van der Waals surface area contributed by atoms with E-state index in [1.54, 1.807) is 4.90 Å². The van der Waals surface area contributed by atoms with E-state index in [9.17, 15) is 4.79 Å². The number of nitrogens with one attached hydrogen (secondary N) is 1.